The molecule has 0 saturated heterocycles. The standard InChI is InChI=1S/C14H16N4S/c1-19-12-4-2-3-11(13(12)14(15)16)18-8-7-10(17-18)9-5-6-9/h2-4,7-9H,5-6H2,1H3,(H3,15,16). The van der Waals surface area contributed by atoms with Gasteiger partial charge in [-0.2, -0.15) is 5.10 Å². The van der Waals surface area contributed by atoms with E-state index in [2.05, 4.69) is 11.2 Å². The fraction of sp³-hybridized carbons (Fsp3) is 0.286. The number of rotatable bonds is 4. The molecule has 3 rings (SSSR count). The van der Waals surface area contributed by atoms with Crippen LogP contribution in [-0.4, -0.2) is 21.9 Å². The summed E-state index contributed by atoms with van der Waals surface area (Å²) in [7, 11) is 0. The van der Waals surface area contributed by atoms with Crippen LogP contribution >= 0.6 is 11.8 Å². The molecule has 3 N–H and O–H groups in total. The number of hydrogen-bond acceptors (Lipinski definition) is 3. The third-order valence-electron chi connectivity index (χ3n) is 3.35. The quantitative estimate of drug-likeness (QED) is 0.511. The van der Waals surface area contributed by atoms with Crippen LogP contribution in [0.25, 0.3) is 5.69 Å². The molecule has 5 heteroatoms. The van der Waals surface area contributed by atoms with Gasteiger partial charge >= 0.3 is 0 Å². The molecule has 1 aromatic heterocycles. The number of benzene rings is 1. The molecule has 0 atom stereocenters. The van der Waals surface area contributed by atoms with Crippen molar-refractivity contribution < 1.29 is 0 Å². The molecule has 1 aliphatic carbocycles. The van der Waals surface area contributed by atoms with Gasteiger partial charge in [0.1, 0.15) is 5.84 Å². The Labute approximate surface area is 116 Å². The Morgan fingerprint density at radius 3 is 2.84 bits per heavy atom. The highest BCUT2D eigenvalue weighted by Gasteiger charge is 2.26. The number of thioether (sulfide) groups is 1. The van der Waals surface area contributed by atoms with Gasteiger partial charge in [-0.15, -0.1) is 11.8 Å². The maximum atomic E-state index is 7.80. The van der Waals surface area contributed by atoms with Crippen LogP contribution in [-0.2, 0) is 0 Å². The molecule has 19 heavy (non-hydrogen) atoms. The third-order valence-corrected chi connectivity index (χ3v) is 4.13. The van der Waals surface area contributed by atoms with Crippen molar-refractivity contribution in [2.45, 2.75) is 23.7 Å². The van der Waals surface area contributed by atoms with E-state index in [0.717, 1.165) is 21.8 Å². The van der Waals surface area contributed by atoms with Crippen molar-refractivity contribution in [2.24, 2.45) is 5.73 Å². The second-order valence-corrected chi connectivity index (χ2v) is 5.58. The number of aromatic nitrogens is 2. The van der Waals surface area contributed by atoms with Gasteiger partial charge in [0.15, 0.2) is 0 Å². The summed E-state index contributed by atoms with van der Waals surface area (Å²) in [5.74, 6) is 0.717. The Morgan fingerprint density at radius 2 is 2.21 bits per heavy atom. The average Bonchev–Trinajstić information content (AvgIpc) is 3.15. The van der Waals surface area contributed by atoms with Crippen molar-refractivity contribution in [3.8, 4) is 5.69 Å². The summed E-state index contributed by atoms with van der Waals surface area (Å²) in [5, 5.41) is 12.4. The van der Waals surface area contributed by atoms with E-state index in [9.17, 15) is 0 Å². The molecule has 0 spiro atoms. The molecular weight excluding hydrogens is 256 g/mol. The van der Waals surface area contributed by atoms with E-state index >= 15 is 0 Å². The lowest BCUT2D eigenvalue weighted by Crippen LogP contribution is -2.16. The lowest BCUT2D eigenvalue weighted by atomic mass is 10.1. The monoisotopic (exact) mass is 272 g/mol. The van der Waals surface area contributed by atoms with E-state index in [0.29, 0.717) is 5.92 Å². The number of nitrogens with two attached hydrogens (primary N) is 1. The lowest BCUT2D eigenvalue weighted by Gasteiger charge is -2.12. The minimum absolute atomic E-state index is 0.0865. The summed E-state index contributed by atoms with van der Waals surface area (Å²) in [6, 6.07) is 7.98. The summed E-state index contributed by atoms with van der Waals surface area (Å²) in [4.78, 5) is 1.01. The van der Waals surface area contributed by atoms with Gasteiger partial charge in [-0.3, -0.25) is 5.41 Å². The molecule has 1 fully saturated rings. The van der Waals surface area contributed by atoms with E-state index < -0.39 is 0 Å². The van der Waals surface area contributed by atoms with E-state index in [1.807, 2.05) is 35.3 Å². The van der Waals surface area contributed by atoms with Gasteiger partial charge in [0, 0.05) is 17.0 Å². The molecule has 4 nitrogen and oxygen atoms in total. The molecule has 0 amide bonds. The first-order valence-corrected chi connectivity index (χ1v) is 7.50. The Kier molecular flexibility index (Phi) is 3.06. The van der Waals surface area contributed by atoms with E-state index in [1.165, 1.54) is 12.8 Å². The predicted octanol–water partition coefficient (Wildman–Crippen LogP) is 2.76. The molecule has 0 aliphatic heterocycles. The van der Waals surface area contributed by atoms with E-state index in [-0.39, 0.29) is 5.84 Å². The first kappa shape index (κ1) is 12.3. The largest absolute Gasteiger partial charge is 0.384 e. The van der Waals surface area contributed by atoms with Crippen LogP contribution in [0.4, 0.5) is 0 Å². The fourth-order valence-corrected chi connectivity index (χ4v) is 2.85. The number of nitrogen functional groups attached to an aromatic ring is 1. The molecule has 0 unspecified atom stereocenters. The molecule has 1 aromatic carbocycles. The fourth-order valence-electron chi connectivity index (χ4n) is 2.22. The molecule has 0 radical (unpaired) electrons. The summed E-state index contributed by atoms with van der Waals surface area (Å²) in [6.45, 7) is 0. The maximum Gasteiger partial charge on any atom is 0.126 e. The Hall–Kier alpha value is -1.75. The molecule has 0 bridgehead atoms. The van der Waals surface area contributed by atoms with Crippen molar-refractivity contribution >= 4 is 17.6 Å². The zero-order chi connectivity index (χ0) is 13.4. The first-order valence-electron chi connectivity index (χ1n) is 6.28. The van der Waals surface area contributed by atoms with Crippen LogP contribution in [0.2, 0.25) is 0 Å². The normalized spacial score (nSPS) is 14.6. The highest BCUT2D eigenvalue weighted by atomic mass is 32.2. The number of nitrogens with zero attached hydrogens (tertiary/aromatic N) is 2. The molecule has 98 valence electrons. The van der Waals surface area contributed by atoms with Gasteiger partial charge in [0.25, 0.3) is 0 Å². The van der Waals surface area contributed by atoms with Crippen LogP contribution in [0, 0.1) is 5.41 Å². The first-order chi connectivity index (χ1) is 9.20. The summed E-state index contributed by atoms with van der Waals surface area (Å²) < 4.78 is 1.84. The summed E-state index contributed by atoms with van der Waals surface area (Å²) >= 11 is 1.60. The van der Waals surface area contributed by atoms with Gasteiger partial charge < -0.3 is 5.73 Å². The number of amidine groups is 1. The third kappa shape index (κ3) is 2.26. The van der Waals surface area contributed by atoms with Crippen LogP contribution in [0.3, 0.4) is 0 Å². The van der Waals surface area contributed by atoms with Crippen molar-refractivity contribution in [3.63, 3.8) is 0 Å². The molecular formula is C14H16N4S. The van der Waals surface area contributed by atoms with Crippen LogP contribution in [0.5, 0.6) is 0 Å². The number of nitrogens with one attached hydrogen (secondary N) is 1. The van der Waals surface area contributed by atoms with Gasteiger partial charge in [-0.1, -0.05) is 6.07 Å². The average molecular weight is 272 g/mol. The van der Waals surface area contributed by atoms with Crippen LogP contribution in [0.1, 0.15) is 30.0 Å². The van der Waals surface area contributed by atoms with Crippen molar-refractivity contribution in [3.05, 3.63) is 41.7 Å². The van der Waals surface area contributed by atoms with Crippen molar-refractivity contribution in [1.82, 2.24) is 9.78 Å². The van der Waals surface area contributed by atoms with Crippen LogP contribution in [0.15, 0.2) is 35.4 Å². The predicted molar refractivity (Wildman–Crippen MR) is 78.3 cm³/mol. The molecule has 1 aliphatic rings. The zero-order valence-corrected chi connectivity index (χ0v) is 11.6. The maximum absolute atomic E-state index is 7.80. The number of hydrogen-bond donors (Lipinski definition) is 2. The summed E-state index contributed by atoms with van der Waals surface area (Å²) in [6.07, 6.45) is 6.42. The van der Waals surface area contributed by atoms with Crippen LogP contribution < -0.4 is 5.73 Å². The molecule has 1 saturated carbocycles. The highest BCUT2D eigenvalue weighted by Crippen LogP contribution is 2.39. The highest BCUT2D eigenvalue weighted by molar-refractivity contribution is 7.98. The minimum Gasteiger partial charge on any atom is -0.384 e. The smallest absolute Gasteiger partial charge is 0.126 e. The second-order valence-electron chi connectivity index (χ2n) is 4.73. The Balaban J connectivity index is 2.09. The van der Waals surface area contributed by atoms with E-state index in [4.69, 9.17) is 11.1 Å². The van der Waals surface area contributed by atoms with Crippen molar-refractivity contribution in [2.75, 3.05) is 6.26 Å². The topological polar surface area (TPSA) is 67.7 Å². The Morgan fingerprint density at radius 1 is 1.42 bits per heavy atom. The van der Waals surface area contributed by atoms with Gasteiger partial charge in [0.05, 0.1) is 16.9 Å². The second kappa shape index (κ2) is 4.74. The zero-order valence-electron chi connectivity index (χ0n) is 10.8. The summed E-state index contributed by atoms with van der Waals surface area (Å²) in [5.41, 5.74) is 8.52. The minimum atomic E-state index is 0.0865. The van der Waals surface area contributed by atoms with Crippen molar-refractivity contribution in [1.29, 1.82) is 5.41 Å². The van der Waals surface area contributed by atoms with Gasteiger partial charge in [-0.05, 0) is 37.3 Å². The van der Waals surface area contributed by atoms with E-state index in [1.54, 1.807) is 11.8 Å². The van der Waals surface area contributed by atoms with Gasteiger partial charge in [0.2, 0.25) is 0 Å². The SMILES string of the molecule is CSc1cccc(-n2ccc(C3CC3)n2)c1C(=N)N. The molecule has 1 heterocycles. The van der Waals surface area contributed by atoms with Gasteiger partial charge in [-0.25, -0.2) is 4.68 Å². The Bertz CT molecular complexity index is 628. The molecule has 2 aromatic rings. The lowest BCUT2D eigenvalue weighted by molar-refractivity contribution is 0.833.